The molecular formula is C11H12BrN3. The Hall–Kier alpha value is -1.29. The van der Waals surface area contributed by atoms with E-state index in [1.165, 1.54) is 5.56 Å². The molecule has 0 radical (unpaired) electrons. The van der Waals surface area contributed by atoms with E-state index in [9.17, 15) is 0 Å². The van der Waals surface area contributed by atoms with E-state index < -0.39 is 0 Å². The number of nitrogens with zero attached hydrogens (tertiary/aromatic N) is 2. The van der Waals surface area contributed by atoms with E-state index in [0.717, 1.165) is 15.7 Å². The van der Waals surface area contributed by atoms with Gasteiger partial charge >= 0.3 is 0 Å². The monoisotopic (exact) mass is 265 g/mol. The number of benzene rings is 1. The average Bonchev–Trinajstić information content (AvgIpc) is 2.51. The number of aryl methyl sites for hydroxylation is 2. The number of aromatic nitrogens is 2. The van der Waals surface area contributed by atoms with Gasteiger partial charge in [0.15, 0.2) is 0 Å². The van der Waals surface area contributed by atoms with Gasteiger partial charge in [-0.05, 0) is 31.5 Å². The molecule has 0 atom stereocenters. The number of hydrogen-bond acceptors (Lipinski definition) is 2. The van der Waals surface area contributed by atoms with E-state index in [-0.39, 0.29) is 0 Å². The molecule has 0 amide bonds. The van der Waals surface area contributed by atoms with Gasteiger partial charge in [-0.25, -0.2) is 4.68 Å². The highest BCUT2D eigenvalue weighted by Crippen LogP contribution is 2.20. The molecule has 0 spiro atoms. The molecule has 2 rings (SSSR count). The second-order valence-electron chi connectivity index (χ2n) is 3.57. The first-order valence-electron chi connectivity index (χ1n) is 4.66. The average molecular weight is 266 g/mol. The minimum Gasteiger partial charge on any atom is -0.382 e. The molecule has 0 aliphatic carbocycles. The summed E-state index contributed by atoms with van der Waals surface area (Å²) in [6.07, 6.45) is 1.93. The minimum absolute atomic E-state index is 0.578. The normalized spacial score (nSPS) is 10.6. The van der Waals surface area contributed by atoms with Crippen molar-refractivity contribution in [1.82, 2.24) is 9.78 Å². The first-order valence-corrected chi connectivity index (χ1v) is 5.45. The van der Waals surface area contributed by atoms with Crippen molar-refractivity contribution in [3.8, 4) is 5.69 Å². The molecule has 0 aliphatic heterocycles. The van der Waals surface area contributed by atoms with Crippen LogP contribution in [0, 0.1) is 13.8 Å². The molecule has 0 saturated carbocycles. The molecular weight excluding hydrogens is 254 g/mol. The van der Waals surface area contributed by atoms with E-state index in [2.05, 4.69) is 28.0 Å². The van der Waals surface area contributed by atoms with Crippen LogP contribution in [0.1, 0.15) is 11.1 Å². The van der Waals surface area contributed by atoms with Crippen LogP contribution in [0.25, 0.3) is 5.69 Å². The maximum absolute atomic E-state index is 5.72. The van der Waals surface area contributed by atoms with Crippen molar-refractivity contribution in [2.24, 2.45) is 0 Å². The fraction of sp³-hybridized carbons (Fsp3) is 0.182. The van der Waals surface area contributed by atoms with Crippen molar-refractivity contribution < 1.29 is 0 Å². The lowest BCUT2D eigenvalue weighted by molar-refractivity contribution is 0.876. The van der Waals surface area contributed by atoms with Crippen LogP contribution in [-0.2, 0) is 0 Å². The molecule has 0 fully saturated rings. The van der Waals surface area contributed by atoms with Gasteiger partial charge in [-0.2, -0.15) is 5.10 Å². The smallest absolute Gasteiger partial charge is 0.148 e. The third-order valence-corrected chi connectivity index (χ3v) is 2.85. The fourth-order valence-corrected chi connectivity index (χ4v) is 1.78. The Morgan fingerprint density at radius 1 is 1.27 bits per heavy atom. The van der Waals surface area contributed by atoms with Gasteiger partial charge in [0.25, 0.3) is 0 Å². The van der Waals surface area contributed by atoms with Crippen LogP contribution in [0.2, 0.25) is 0 Å². The molecule has 1 aromatic heterocycles. The summed E-state index contributed by atoms with van der Waals surface area (Å²) in [5.74, 6) is 0.578. The number of nitrogens with two attached hydrogens (primary N) is 1. The predicted octanol–water partition coefficient (Wildman–Crippen LogP) is 2.83. The van der Waals surface area contributed by atoms with E-state index in [1.807, 2.05) is 36.0 Å². The molecule has 15 heavy (non-hydrogen) atoms. The summed E-state index contributed by atoms with van der Waals surface area (Å²) < 4.78 is 2.85. The van der Waals surface area contributed by atoms with Gasteiger partial charge in [-0.3, -0.25) is 0 Å². The third kappa shape index (κ3) is 1.90. The fourth-order valence-electron chi connectivity index (χ4n) is 1.43. The molecule has 1 heterocycles. The SMILES string of the molecule is Cc1ccc(Br)cc1-n1cc(C)c(N)n1. The van der Waals surface area contributed by atoms with Gasteiger partial charge in [0.05, 0.1) is 5.69 Å². The van der Waals surface area contributed by atoms with Crippen LogP contribution in [0.15, 0.2) is 28.9 Å². The zero-order chi connectivity index (χ0) is 11.0. The summed E-state index contributed by atoms with van der Waals surface area (Å²) in [5.41, 5.74) is 8.93. The van der Waals surface area contributed by atoms with Crippen LogP contribution < -0.4 is 5.73 Å². The summed E-state index contributed by atoms with van der Waals surface area (Å²) in [5, 5.41) is 4.26. The summed E-state index contributed by atoms with van der Waals surface area (Å²) in [4.78, 5) is 0. The highest BCUT2D eigenvalue weighted by Gasteiger charge is 2.05. The minimum atomic E-state index is 0.578. The summed E-state index contributed by atoms with van der Waals surface area (Å²) in [6, 6.07) is 6.09. The molecule has 0 unspecified atom stereocenters. The van der Waals surface area contributed by atoms with Crippen molar-refractivity contribution in [2.75, 3.05) is 5.73 Å². The third-order valence-electron chi connectivity index (χ3n) is 2.35. The van der Waals surface area contributed by atoms with E-state index >= 15 is 0 Å². The summed E-state index contributed by atoms with van der Waals surface area (Å²) in [7, 11) is 0. The maximum Gasteiger partial charge on any atom is 0.148 e. The van der Waals surface area contributed by atoms with E-state index in [4.69, 9.17) is 5.73 Å². The molecule has 78 valence electrons. The van der Waals surface area contributed by atoms with Crippen molar-refractivity contribution in [3.63, 3.8) is 0 Å². The Morgan fingerprint density at radius 3 is 2.60 bits per heavy atom. The maximum atomic E-state index is 5.72. The zero-order valence-electron chi connectivity index (χ0n) is 8.66. The van der Waals surface area contributed by atoms with E-state index in [1.54, 1.807) is 0 Å². The largest absolute Gasteiger partial charge is 0.382 e. The van der Waals surface area contributed by atoms with Gasteiger partial charge in [0, 0.05) is 16.2 Å². The molecule has 2 aromatic rings. The zero-order valence-corrected chi connectivity index (χ0v) is 10.2. The highest BCUT2D eigenvalue weighted by atomic mass is 79.9. The van der Waals surface area contributed by atoms with Gasteiger partial charge in [-0.15, -0.1) is 0 Å². The van der Waals surface area contributed by atoms with Gasteiger partial charge in [-0.1, -0.05) is 22.0 Å². The topological polar surface area (TPSA) is 43.8 Å². The Labute approximate surface area is 97.0 Å². The van der Waals surface area contributed by atoms with Crippen molar-refractivity contribution in [2.45, 2.75) is 13.8 Å². The molecule has 0 aliphatic rings. The van der Waals surface area contributed by atoms with Crippen molar-refractivity contribution in [3.05, 3.63) is 40.0 Å². The van der Waals surface area contributed by atoms with Crippen LogP contribution in [-0.4, -0.2) is 9.78 Å². The number of rotatable bonds is 1. The molecule has 0 bridgehead atoms. The first kappa shape index (κ1) is 10.2. The number of halogens is 1. The van der Waals surface area contributed by atoms with Gasteiger partial charge in [0.2, 0.25) is 0 Å². The Morgan fingerprint density at radius 2 is 2.00 bits per heavy atom. The van der Waals surface area contributed by atoms with Crippen LogP contribution in [0.3, 0.4) is 0 Å². The molecule has 0 saturated heterocycles. The predicted molar refractivity (Wildman–Crippen MR) is 65.2 cm³/mol. The number of hydrogen-bond donors (Lipinski definition) is 1. The highest BCUT2D eigenvalue weighted by molar-refractivity contribution is 9.10. The standard InChI is InChI=1S/C11H12BrN3/c1-7-3-4-9(12)5-10(7)15-6-8(2)11(13)14-15/h3-6H,1-2H3,(H2,13,14). The lowest BCUT2D eigenvalue weighted by atomic mass is 10.2. The number of nitrogen functional groups attached to an aromatic ring is 1. The van der Waals surface area contributed by atoms with Crippen LogP contribution in [0.5, 0.6) is 0 Å². The lowest BCUT2D eigenvalue weighted by Crippen LogP contribution is -1.98. The summed E-state index contributed by atoms with van der Waals surface area (Å²) in [6.45, 7) is 4.00. The Bertz CT molecular complexity index is 483. The van der Waals surface area contributed by atoms with Crippen LogP contribution in [0.4, 0.5) is 5.82 Å². The summed E-state index contributed by atoms with van der Waals surface area (Å²) >= 11 is 3.45. The van der Waals surface area contributed by atoms with E-state index in [0.29, 0.717) is 5.82 Å². The molecule has 1 aromatic carbocycles. The Kier molecular flexibility index (Phi) is 2.52. The second-order valence-corrected chi connectivity index (χ2v) is 4.49. The van der Waals surface area contributed by atoms with Crippen molar-refractivity contribution >= 4 is 21.7 Å². The second kappa shape index (κ2) is 3.70. The molecule has 3 nitrogen and oxygen atoms in total. The molecule has 4 heteroatoms. The van der Waals surface area contributed by atoms with Crippen molar-refractivity contribution in [1.29, 1.82) is 0 Å². The van der Waals surface area contributed by atoms with Crippen LogP contribution >= 0.6 is 15.9 Å². The quantitative estimate of drug-likeness (QED) is 0.862. The van der Waals surface area contributed by atoms with Gasteiger partial charge < -0.3 is 5.73 Å². The number of anilines is 1. The van der Waals surface area contributed by atoms with Gasteiger partial charge in [0.1, 0.15) is 5.82 Å². The Balaban J connectivity index is 2.58. The lowest BCUT2D eigenvalue weighted by Gasteiger charge is -2.05. The first-order chi connectivity index (χ1) is 7.08. The molecule has 2 N–H and O–H groups in total.